The van der Waals surface area contributed by atoms with Crippen molar-refractivity contribution in [2.45, 2.75) is 12.8 Å². The van der Waals surface area contributed by atoms with Gasteiger partial charge in [0.25, 0.3) is 5.92 Å². The molecule has 0 saturated carbocycles. The summed E-state index contributed by atoms with van der Waals surface area (Å²) in [4.78, 5) is 3.48. The molecule has 0 unspecified atom stereocenters. The molecule has 1 heterocycles. The summed E-state index contributed by atoms with van der Waals surface area (Å²) in [7, 11) is 0. The number of halogens is 3. The van der Waals surface area contributed by atoms with Crippen molar-refractivity contribution in [3.05, 3.63) is 24.0 Å². The van der Waals surface area contributed by atoms with Crippen molar-refractivity contribution < 1.29 is 8.78 Å². The average molecular weight is 195 g/mol. The number of rotatable bonds is 1. The minimum absolute atomic E-state index is 0. The Hall–Kier alpha value is -0.900. The molecular formula is C7H9ClF2N2. The van der Waals surface area contributed by atoms with Crippen LogP contribution in [0.1, 0.15) is 12.6 Å². The Morgan fingerprint density at radius 2 is 2.08 bits per heavy atom. The molecule has 2 N–H and O–H groups in total. The van der Waals surface area contributed by atoms with Crippen LogP contribution in [0.2, 0.25) is 0 Å². The van der Waals surface area contributed by atoms with Gasteiger partial charge in [0.1, 0.15) is 5.69 Å². The molecular weight excluding hydrogens is 186 g/mol. The van der Waals surface area contributed by atoms with E-state index in [-0.39, 0.29) is 18.1 Å². The van der Waals surface area contributed by atoms with Crippen molar-refractivity contribution in [2.75, 3.05) is 5.73 Å². The van der Waals surface area contributed by atoms with Crippen LogP contribution in [-0.2, 0) is 5.92 Å². The van der Waals surface area contributed by atoms with Crippen LogP contribution >= 0.6 is 12.4 Å². The van der Waals surface area contributed by atoms with Crippen molar-refractivity contribution in [2.24, 2.45) is 0 Å². The minimum atomic E-state index is -2.91. The van der Waals surface area contributed by atoms with Crippen LogP contribution in [-0.4, -0.2) is 4.98 Å². The van der Waals surface area contributed by atoms with Crippen molar-refractivity contribution in [3.8, 4) is 0 Å². The number of aromatic nitrogens is 1. The highest BCUT2D eigenvalue weighted by molar-refractivity contribution is 5.85. The number of anilines is 1. The molecule has 0 aromatic carbocycles. The van der Waals surface area contributed by atoms with Crippen LogP contribution in [0.3, 0.4) is 0 Å². The third-order valence-corrected chi connectivity index (χ3v) is 1.23. The maximum atomic E-state index is 12.5. The maximum Gasteiger partial charge on any atom is 0.287 e. The number of nitrogens with two attached hydrogens (primary N) is 1. The predicted octanol–water partition coefficient (Wildman–Crippen LogP) is 2.20. The molecule has 12 heavy (non-hydrogen) atoms. The van der Waals surface area contributed by atoms with E-state index in [9.17, 15) is 8.78 Å². The number of alkyl halides is 2. The van der Waals surface area contributed by atoms with Crippen LogP contribution < -0.4 is 5.73 Å². The average Bonchev–Trinajstić information content (AvgIpc) is 1.86. The van der Waals surface area contributed by atoms with Crippen LogP contribution in [0, 0.1) is 0 Å². The van der Waals surface area contributed by atoms with Gasteiger partial charge in [-0.1, -0.05) is 0 Å². The molecule has 0 aliphatic heterocycles. The topological polar surface area (TPSA) is 38.9 Å². The summed E-state index contributed by atoms with van der Waals surface area (Å²) in [5.41, 5.74) is 5.29. The largest absolute Gasteiger partial charge is 0.399 e. The summed E-state index contributed by atoms with van der Waals surface area (Å²) in [6, 6.07) is 2.63. The highest BCUT2D eigenvalue weighted by Crippen LogP contribution is 2.25. The molecule has 1 rings (SSSR count). The summed E-state index contributed by atoms with van der Waals surface area (Å²) in [6.07, 6.45) is 1.27. The fourth-order valence-electron chi connectivity index (χ4n) is 0.687. The van der Waals surface area contributed by atoms with E-state index >= 15 is 0 Å². The summed E-state index contributed by atoms with van der Waals surface area (Å²) >= 11 is 0. The second-order valence-electron chi connectivity index (χ2n) is 2.36. The standard InChI is InChI=1S/C7H8F2N2.ClH/c1-7(8,9)6-4-5(10)2-3-11-6;/h2-4H,1H3,(H2,10,11);1H. The number of nitrogen functional groups attached to an aromatic ring is 1. The molecule has 0 radical (unpaired) electrons. The van der Waals surface area contributed by atoms with Crippen LogP contribution in [0.25, 0.3) is 0 Å². The van der Waals surface area contributed by atoms with Gasteiger partial charge in [-0.25, -0.2) is 0 Å². The third-order valence-electron chi connectivity index (χ3n) is 1.23. The van der Waals surface area contributed by atoms with Crippen molar-refractivity contribution in [1.29, 1.82) is 0 Å². The zero-order valence-electron chi connectivity index (χ0n) is 6.42. The summed E-state index contributed by atoms with van der Waals surface area (Å²) in [6.45, 7) is 0.786. The first kappa shape index (κ1) is 11.1. The van der Waals surface area contributed by atoms with Crippen molar-refractivity contribution in [1.82, 2.24) is 4.98 Å². The minimum Gasteiger partial charge on any atom is -0.399 e. The second kappa shape index (κ2) is 3.67. The maximum absolute atomic E-state index is 12.5. The van der Waals surface area contributed by atoms with E-state index in [1.807, 2.05) is 0 Å². The lowest BCUT2D eigenvalue weighted by molar-refractivity contribution is 0.0128. The first-order valence-electron chi connectivity index (χ1n) is 3.10. The second-order valence-corrected chi connectivity index (χ2v) is 2.36. The lowest BCUT2D eigenvalue weighted by atomic mass is 10.2. The molecule has 0 spiro atoms. The summed E-state index contributed by atoms with van der Waals surface area (Å²) in [5, 5.41) is 0. The van der Waals surface area contributed by atoms with Gasteiger partial charge >= 0.3 is 0 Å². The molecule has 0 aliphatic carbocycles. The molecule has 2 nitrogen and oxygen atoms in total. The lowest BCUT2D eigenvalue weighted by Crippen LogP contribution is -2.09. The lowest BCUT2D eigenvalue weighted by Gasteiger charge is -2.08. The number of pyridine rings is 1. The van der Waals surface area contributed by atoms with Gasteiger partial charge in [0.05, 0.1) is 0 Å². The molecule has 0 saturated heterocycles. The van der Waals surface area contributed by atoms with E-state index in [4.69, 9.17) is 5.73 Å². The van der Waals surface area contributed by atoms with Gasteiger partial charge in [-0.2, -0.15) is 8.78 Å². The first-order chi connectivity index (χ1) is 5.00. The Labute approximate surface area is 75.2 Å². The Bertz CT molecular complexity index is 260. The Balaban J connectivity index is 0.00000121. The number of hydrogen-bond donors (Lipinski definition) is 1. The zero-order chi connectivity index (χ0) is 8.48. The van der Waals surface area contributed by atoms with Crippen LogP contribution in [0.15, 0.2) is 18.3 Å². The molecule has 0 fully saturated rings. The molecule has 0 aliphatic rings. The Morgan fingerprint density at radius 3 is 2.42 bits per heavy atom. The molecule has 68 valence electrons. The van der Waals surface area contributed by atoms with Gasteiger partial charge in [-0.05, 0) is 12.1 Å². The van der Waals surface area contributed by atoms with E-state index in [0.717, 1.165) is 6.92 Å². The summed E-state index contributed by atoms with van der Waals surface area (Å²) in [5.74, 6) is -2.91. The van der Waals surface area contributed by atoms with Gasteiger partial charge in [-0.3, -0.25) is 4.98 Å². The molecule has 0 atom stereocenters. The van der Waals surface area contributed by atoms with Gasteiger partial charge in [-0.15, -0.1) is 12.4 Å². The predicted molar refractivity (Wildman–Crippen MR) is 45.5 cm³/mol. The molecule has 1 aromatic rings. The van der Waals surface area contributed by atoms with Crippen LogP contribution in [0.5, 0.6) is 0 Å². The molecule has 0 amide bonds. The van der Waals surface area contributed by atoms with E-state index in [1.165, 1.54) is 18.3 Å². The van der Waals surface area contributed by atoms with Gasteiger partial charge in [0, 0.05) is 18.8 Å². The SMILES string of the molecule is CC(F)(F)c1cc(N)ccn1.Cl. The third kappa shape index (κ3) is 2.62. The quantitative estimate of drug-likeness (QED) is 0.745. The highest BCUT2D eigenvalue weighted by atomic mass is 35.5. The summed E-state index contributed by atoms with van der Waals surface area (Å²) < 4.78 is 25.0. The van der Waals surface area contributed by atoms with Gasteiger partial charge < -0.3 is 5.73 Å². The van der Waals surface area contributed by atoms with E-state index in [1.54, 1.807) is 0 Å². The monoisotopic (exact) mass is 194 g/mol. The molecule has 5 heteroatoms. The molecule has 0 bridgehead atoms. The fourth-order valence-corrected chi connectivity index (χ4v) is 0.687. The van der Waals surface area contributed by atoms with E-state index in [0.29, 0.717) is 5.69 Å². The molecule has 1 aromatic heterocycles. The highest BCUT2D eigenvalue weighted by Gasteiger charge is 2.25. The van der Waals surface area contributed by atoms with E-state index in [2.05, 4.69) is 4.98 Å². The Kier molecular flexibility index (Phi) is 3.39. The van der Waals surface area contributed by atoms with E-state index < -0.39 is 5.92 Å². The normalized spacial score (nSPS) is 10.6. The number of hydrogen-bond acceptors (Lipinski definition) is 2. The van der Waals surface area contributed by atoms with Gasteiger partial charge in [0.15, 0.2) is 0 Å². The van der Waals surface area contributed by atoms with Crippen molar-refractivity contribution in [3.63, 3.8) is 0 Å². The Morgan fingerprint density at radius 1 is 1.50 bits per heavy atom. The zero-order valence-corrected chi connectivity index (χ0v) is 7.24. The first-order valence-corrected chi connectivity index (χ1v) is 3.10. The van der Waals surface area contributed by atoms with Crippen molar-refractivity contribution >= 4 is 18.1 Å². The van der Waals surface area contributed by atoms with Crippen LogP contribution in [0.4, 0.5) is 14.5 Å². The fraction of sp³-hybridized carbons (Fsp3) is 0.286. The smallest absolute Gasteiger partial charge is 0.287 e. The number of nitrogens with zero attached hydrogens (tertiary/aromatic N) is 1. The van der Waals surface area contributed by atoms with Gasteiger partial charge in [0.2, 0.25) is 0 Å².